The van der Waals surface area contributed by atoms with Gasteiger partial charge in [0, 0.05) is 6.42 Å². The summed E-state index contributed by atoms with van der Waals surface area (Å²) in [6.45, 7) is 4.17. The van der Waals surface area contributed by atoms with E-state index < -0.39 is 0 Å². The minimum Gasteiger partial charge on any atom is -0.490 e. The number of aryl methyl sites for hydroxylation is 1. The Balaban J connectivity index is 1.93. The second-order valence-electron chi connectivity index (χ2n) is 4.35. The maximum Gasteiger partial charge on any atom is 0.119 e. The third-order valence-corrected chi connectivity index (χ3v) is 2.67. The molecule has 1 atom stereocenters. The SMILES string of the molecule is Cc1ccc(OC(C)Cc2cc[c]cc2)cc1. The van der Waals surface area contributed by atoms with Gasteiger partial charge in [-0.3, -0.25) is 0 Å². The van der Waals surface area contributed by atoms with Crippen molar-refractivity contribution < 1.29 is 4.74 Å². The molecule has 0 bridgehead atoms. The van der Waals surface area contributed by atoms with Crippen LogP contribution in [-0.2, 0) is 6.42 Å². The number of benzene rings is 2. The van der Waals surface area contributed by atoms with Gasteiger partial charge in [0.2, 0.25) is 0 Å². The molecule has 0 aromatic heterocycles. The van der Waals surface area contributed by atoms with Crippen LogP contribution in [0.2, 0.25) is 0 Å². The number of hydrogen-bond acceptors (Lipinski definition) is 1. The van der Waals surface area contributed by atoms with Crippen LogP contribution in [0.5, 0.6) is 5.75 Å². The van der Waals surface area contributed by atoms with Crippen molar-refractivity contribution in [2.75, 3.05) is 0 Å². The quantitative estimate of drug-likeness (QED) is 0.769. The zero-order valence-electron chi connectivity index (χ0n) is 10.3. The number of ether oxygens (including phenoxy) is 1. The molecule has 2 aromatic rings. The molecule has 0 saturated heterocycles. The molecule has 1 heteroatoms. The van der Waals surface area contributed by atoms with E-state index in [4.69, 9.17) is 4.74 Å². The molecule has 2 rings (SSSR count). The topological polar surface area (TPSA) is 9.23 Å². The third-order valence-electron chi connectivity index (χ3n) is 2.67. The second kappa shape index (κ2) is 5.53. The van der Waals surface area contributed by atoms with Crippen LogP contribution in [0.15, 0.2) is 48.5 Å². The maximum absolute atomic E-state index is 5.86. The van der Waals surface area contributed by atoms with E-state index in [0.29, 0.717) is 0 Å². The fourth-order valence-corrected chi connectivity index (χ4v) is 1.78. The summed E-state index contributed by atoms with van der Waals surface area (Å²) in [6.07, 6.45) is 1.10. The molecule has 1 unspecified atom stereocenters. The fourth-order valence-electron chi connectivity index (χ4n) is 1.78. The van der Waals surface area contributed by atoms with Crippen molar-refractivity contribution in [3.8, 4) is 5.75 Å². The Morgan fingerprint density at radius 1 is 1.06 bits per heavy atom. The van der Waals surface area contributed by atoms with Crippen LogP contribution in [0.1, 0.15) is 18.1 Å². The van der Waals surface area contributed by atoms with E-state index in [-0.39, 0.29) is 6.10 Å². The number of hydrogen-bond donors (Lipinski definition) is 0. The Labute approximate surface area is 103 Å². The summed E-state index contributed by atoms with van der Waals surface area (Å²) in [5.41, 5.74) is 2.53. The summed E-state index contributed by atoms with van der Waals surface area (Å²) < 4.78 is 5.86. The van der Waals surface area contributed by atoms with E-state index in [0.717, 1.165) is 12.2 Å². The van der Waals surface area contributed by atoms with Gasteiger partial charge in [-0.05, 0) is 37.6 Å². The molecule has 1 radical (unpaired) electrons. The summed E-state index contributed by atoms with van der Waals surface area (Å²) in [6, 6.07) is 19.2. The molecule has 87 valence electrons. The molecule has 0 aliphatic rings. The van der Waals surface area contributed by atoms with Gasteiger partial charge >= 0.3 is 0 Å². The lowest BCUT2D eigenvalue weighted by molar-refractivity contribution is 0.222. The Kier molecular flexibility index (Phi) is 3.81. The highest BCUT2D eigenvalue weighted by Gasteiger charge is 2.04. The molecule has 0 aliphatic heterocycles. The van der Waals surface area contributed by atoms with Gasteiger partial charge in [0.25, 0.3) is 0 Å². The first-order chi connectivity index (χ1) is 8.24. The molecular formula is C16H17O. The molecule has 2 aromatic carbocycles. The minimum atomic E-state index is 0.181. The van der Waals surface area contributed by atoms with Crippen LogP contribution >= 0.6 is 0 Å². The lowest BCUT2D eigenvalue weighted by atomic mass is 10.1. The van der Waals surface area contributed by atoms with E-state index in [9.17, 15) is 0 Å². The van der Waals surface area contributed by atoms with Crippen molar-refractivity contribution in [2.45, 2.75) is 26.4 Å². The average molecular weight is 225 g/mol. The molecule has 17 heavy (non-hydrogen) atoms. The Bertz CT molecular complexity index is 445. The Hall–Kier alpha value is -1.76. The molecule has 0 fully saturated rings. The zero-order valence-corrected chi connectivity index (χ0v) is 10.3. The van der Waals surface area contributed by atoms with Gasteiger partial charge in [-0.15, -0.1) is 0 Å². The van der Waals surface area contributed by atoms with Crippen molar-refractivity contribution >= 4 is 0 Å². The molecule has 0 amide bonds. The predicted octanol–water partition coefficient (Wildman–Crippen LogP) is 3.81. The normalized spacial score (nSPS) is 12.1. The zero-order chi connectivity index (χ0) is 12.1. The van der Waals surface area contributed by atoms with Crippen LogP contribution in [0, 0.1) is 13.0 Å². The Morgan fingerprint density at radius 3 is 2.35 bits per heavy atom. The minimum absolute atomic E-state index is 0.181. The van der Waals surface area contributed by atoms with E-state index in [1.807, 2.05) is 24.3 Å². The van der Waals surface area contributed by atoms with E-state index in [2.05, 4.69) is 44.2 Å². The highest BCUT2D eigenvalue weighted by Crippen LogP contribution is 2.15. The fraction of sp³-hybridized carbons (Fsp3) is 0.250. The Morgan fingerprint density at radius 2 is 1.71 bits per heavy atom. The molecule has 1 nitrogen and oxygen atoms in total. The van der Waals surface area contributed by atoms with Crippen molar-refractivity contribution in [3.05, 3.63) is 65.7 Å². The summed E-state index contributed by atoms with van der Waals surface area (Å²) in [5.74, 6) is 0.936. The first-order valence-corrected chi connectivity index (χ1v) is 5.92. The average Bonchev–Trinajstić information content (AvgIpc) is 2.33. The van der Waals surface area contributed by atoms with Gasteiger partial charge < -0.3 is 4.74 Å². The van der Waals surface area contributed by atoms with Gasteiger partial charge in [0.05, 0.1) is 6.10 Å². The maximum atomic E-state index is 5.86. The molecule has 0 saturated carbocycles. The largest absolute Gasteiger partial charge is 0.490 e. The van der Waals surface area contributed by atoms with Gasteiger partial charge in [0.15, 0.2) is 0 Å². The smallest absolute Gasteiger partial charge is 0.119 e. The molecule has 0 N–H and O–H groups in total. The van der Waals surface area contributed by atoms with Crippen molar-refractivity contribution in [2.24, 2.45) is 0 Å². The standard InChI is InChI=1S/C16H17O/c1-13-8-10-16(11-9-13)17-14(2)12-15-6-4-3-5-7-15/h4-11,14H,12H2,1-2H3. The van der Waals surface area contributed by atoms with Crippen LogP contribution < -0.4 is 4.74 Å². The highest BCUT2D eigenvalue weighted by molar-refractivity contribution is 5.26. The molecule has 0 heterocycles. The lowest BCUT2D eigenvalue weighted by Gasteiger charge is -2.14. The molecule has 0 aliphatic carbocycles. The first-order valence-electron chi connectivity index (χ1n) is 5.92. The van der Waals surface area contributed by atoms with Crippen molar-refractivity contribution in [1.29, 1.82) is 0 Å². The van der Waals surface area contributed by atoms with Gasteiger partial charge in [-0.1, -0.05) is 42.0 Å². The number of rotatable bonds is 4. The van der Waals surface area contributed by atoms with Crippen LogP contribution in [-0.4, -0.2) is 6.10 Å². The van der Waals surface area contributed by atoms with Crippen LogP contribution in [0.3, 0.4) is 0 Å². The van der Waals surface area contributed by atoms with E-state index in [1.165, 1.54) is 11.1 Å². The summed E-state index contributed by atoms with van der Waals surface area (Å²) >= 11 is 0. The monoisotopic (exact) mass is 225 g/mol. The first kappa shape index (κ1) is 11.7. The lowest BCUT2D eigenvalue weighted by Crippen LogP contribution is -2.14. The summed E-state index contributed by atoms with van der Waals surface area (Å²) in [5, 5.41) is 0. The van der Waals surface area contributed by atoms with Crippen molar-refractivity contribution in [3.63, 3.8) is 0 Å². The second-order valence-corrected chi connectivity index (χ2v) is 4.35. The van der Waals surface area contributed by atoms with Gasteiger partial charge in [-0.25, -0.2) is 0 Å². The highest BCUT2D eigenvalue weighted by atomic mass is 16.5. The van der Waals surface area contributed by atoms with E-state index in [1.54, 1.807) is 0 Å². The summed E-state index contributed by atoms with van der Waals surface area (Å²) in [4.78, 5) is 0. The molecule has 0 spiro atoms. The van der Waals surface area contributed by atoms with Gasteiger partial charge in [-0.2, -0.15) is 0 Å². The third kappa shape index (κ3) is 3.63. The van der Waals surface area contributed by atoms with Gasteiger partial charge in [0.1, 0.15) is 5.75 Å². The predicted molar refractivity (Wildman–Crippen MR) is 70.3 cm³/mol. The van der Waals surface area contributed by atoms with Crippen LogP contribution in [0.4, 0.5) is 0 Å². The van der Waals surface area contributed by atoms with Crippen LogP contribution in [0.25, 0.3) is 0 Å². The molecular weight excluding hydrogens is 208 g/mol. The van der Waals surface area contributed by atoms with E-state index >= 15 is 0 Å². The van der Waals surface area contributed by atoms with Crippen molar-refractivity contribution in [1.82, 2.24) is 0 Å². The summed E-state index contributed by atoms with van der Waals surface area (Å²) in [7, 11) is 0.